The van der Waals surface area contributed by atoms with E-state index in [0.717, 1.165) is 18.9 Å². The third-order valence-corrected chi connectivity index (χ3v) is 3.72. The number of anilines is 2. The number of hydrogen-bond donors (Lipinski definition) is 2. The third-order valence-electron chi connectivity index (χ3n) is 3.45. The number of nitrogens with one attached hydrogen (secondary N) is 2. The lowest BCUT2D eigenvalue weighted by atomic mass is 10.0. The first-order valence-corrected chi connectivity index (χ1v) is 7.07. The maximum absolute atomic E-state index is 6.11. The zero-order valence-electron chi connectivity index (χ0n) is 11.1. The van der Waals surface area contributed by atoms with Crippen molar-refractivity contribution in [1.29, 1.82) is 0 Å². The Kier molecular flexibility index (Phi) is 4.27. The molecule has 0 aromatic carbocycles. The lowest BCUT2D eigenvalue weighted by Crippen LogP contribution is -2.16. The van der Waals surface area contributed by atoms with Gasteiger partial charge in [-0.2, -0.15) is 4.98 Å². The van der Waals surface area contributed by atoms with Crippen molar-refractivity contribution in [3.63, 3.8) is 0 Å². The van der Waals surface area contributed by atoms with Crippen LogP contribution in [0.2, 0.25) is 5.02 Å². The average Bonchev–Trinajstić information content (AvgIpc) is 3.11. The highest BCUT2D eigenvalue weighted by Crippen LogP contribution is 2.49. The molecule has 0 saturated heterocycles. The molecule has 1 aliphatic carbocycles. The Morgan fingerprint density at radius 1 is 1.33 bits per heavy atom. The molecule has 0 unspecified atom stereocenters. The van der Waals surface area contributed by atoms with Gasteiger partial charge in [-0.3, -0.25) is 0 Å². The second-order valence-corrected chi connectivity index (χ2v) is 5.43. The Labute approximate surface area is 114 Å². The van der Waals surface area contributed by atoms with Crippen molar-refractivity contribution in [3.8, 4) is 0 Å². The average molecular weight is 269 g/mol. The van der Waals surface area contributed by atoms with E-state index in [1.54, 1.807) is 6.20 Å². The molecule has 1 aromatic rings. The van der Waals surface area contributed by atoms with Gasteiger partial charge in [-0.25, -0.2) is 4.98 Å². The normalized spacial score (nSPS) is 16.4. The van der Waals surface area contributed by atoms with Gasteiger partial charge < -0.3 is 10.6 Å². The third kappa shape index (κ3) is 3.25. The van der Waals surface area contributed by atoms with Crippen LogP contribution >= 0.6 is 11.6 Å². The largest absolute Gasteiger partial charge is 0.368 e. The van der Waals surface area contributed by atoms with Gasteiger partial charge in [-0.15, -0.1) is 0 Å². The van der Waals surface area contributed by atoms with Crippen molar-refractivity contribution in [1.82, 2.24) is 9.97 Å². The highest BCUT2D eigenvalue weighted by atomic mass is 35.5. The minimum absolute atomic E-state index is 0.487. The van der Waals surface area contributed by atoms with E-state index in [4.69, 9.17) is 11.6 Å². The van der Waals surface area contributed by atoms with Crippen LogP contribution in [0.5, 0.6) is 0 Å². The highest BCUT2D eigenvalue weighted by molar-refractivity contribution is 6.32. The zero-order chi connectivity index (χ0) is 13.0. The van der Waals surface area contributed by atoms with Crippen molar-refractivity contribution in [3.05, 3.63) is 11.2 Å². The molecule has 0 aliphatic heterocycles. The summed E-state index contributed by atoms with van der Waals surface area (Å²) >= 11 is 6.11. The highest BCUT2D eigenvalue weighted by Gasteiger charge is 2.41. The molecule has 100 valence electrons. The minimum atomic E-state index is 0.487. The molecule has 0 bridgehead atoms. The number of nitrogens with zero attached hydrogens (tertiary/aromatic N) is 2. The van der Waals surface area contributed by atoms with Crippen LogP contribution in [-0.2, 0) is 0 Å². The van der Waals surface area contributed by atoms with Crippen LogP contribution in [0.1, 0.15) is 39.5 Å². The van der Waals surface area contributed by atoms with Gasteiger partial charge >= 0.3 is 0 Å². The van der Waals surface area contributed by atoms with Crippen molar-refractivity contribution < 1.29 is 0 Å². The van der Waals surface area contributed by atoms with Gasteiger partial charge in [-0.05, 0) is 31.6 Å². The Hall–Kier alpha value is -1.03. The molecular formula is C13H21ClN4. The number of hydrogen-bond acceptors (Lipinski definition) is 4. The van der Waals surface area contributed by atoms with E-state index in [9.17, 15) is 0 Å². The molecule has 1 fully saturated rings. The first kappa shape index (κ1) is 13.4. The molecule has 4 nitrogen and oxygen atoms in total. The van der Waals surface area contributed by atoms with Crippen LogP contribution in [0.4, 0.5) is 11.8 Å². The van der Waals surface area contributed by atoms with Gasteiger partial charge in [-0.1, -0.05) is 24.9 Å². The van der Waals surface area contributed by atoms with Crippen molar-refractivity contribution in [2.45, 2.75) is 39.5 Å². The molecule has 1 aromatic heterocycles. The smallest absolute Gasteiger partial charge is 0.224 e. The Morgan fingerprint density at radius 2 is 2.11 bits per heavy atom. The summed E-state index contributed by atoms with van der Waals surface area (Å²) in [7, 11) is 0. The predicted octanol–water partition coefficient (Wildman–Crippen LogP) is 3.55. The summed E-state index contributed by atoms with van der Waals surface area (Å²) in [6.45, 7) is 6.02. The fourth-order valence-corrected chi connectivity index (χ4v) is 2.39. The van der Waals surface area contributed by atoms with Crippen LogP contribution in [0, 0.1) is 5.41 Å². The summed E-state index contributed by atoms with van der Waals surface area (Å²) in [4.78, 5) is 8.52. The van der Waals surface area contributed by atoms with Gasteiger partial charge in [0.05, 0.1) is 6.20 Å². The predicted molar refractivity (Wildman–Crippen MR) is 76.3 cm³/mol. The zero-order valence-corrected chi connectivity index (χ0v) is 11.8. The second-order valence-electron chi connectivity index (χ2n) is 5.02. The van der Waals surface area contributed by atoms with Gasteiger partial charge in [0, 0.05) is 13.1 Å². The van der Waals surface area contributed by atoms with E-state index in [1.165, 1.54) is 25.7 Å². The van der Waals surface area contributed by atoms with E-state index < -0.39 is 0 Å². The van der Waals surface area contributed by atoms with E-state index in [1.807, 2.05) is 6.92 Å². The van der Waals surface area contributed by atoms with Gasteiger partial charge in [0.15, 0.2) is 5.82 Å². The van der Waals surface area contributed by atoms with Gasteiger partial charge in [0.1, 0.15) is 5.02 Å². The standard InChI is InChI=1S/C13H21ClN4/c1-3-5-13(6-7-13)9-17-11-10(14)8-16-12(18-11)15-4-2/h8H,3-7,9H2,1-2H3,(H2,15,16,17,18). The quantitative estimate of drug-likeness (QED) is 0.794. The van der Waals surface area contributed by atoms with Crippen molar-refractivity contribution >= 4 is 23.4 Å². The van der Waals surface area contributed by atoms with Crippen molar-refractivity contribution in [2.75, 3.05) is 23.7 Å². The maximum atomic E-state index is 6.11. The monoisotopic (exact) mass is 268 g/mol. The maximum Gasteiger partial charge on any atom is 0.224 e. The molecule has 0 spiro atoms. The molecule has 2 N–H and O–H groups in total. The van der Waals surface area contributed by atoms with E-state index in [-0.39, 0.29) is 0 Å². The van der Waals surface area contributed by atoms with Crippen LogP contribution in [0.15, 0.2) is 6.20 Å². The summed E-state index contributed by atoms with van der Waals surface area (Å²) in [6, 6.07) is 0. The summed E-state index contributed by atoms with van der Waals surface area (Å²) < 4.78 is 0. The molecule has 0 radical (unpaired) electrons. The molecule has 1 saturated carbocycles. The summed E-state index contributed by atoms with van der Waals surface area (Å²) in [5, 5.41) is 7.06. The van der Waals surface area contributed by atoms with Crippen LogP contribution < -0.4 is 10.6 Å². The van der Waals surface area contributed by atoms with E-state index >= 15 is 0 Å². The van der Waals surface area contributed by atoms with Gasteiger partial charge in [0.2, 0.25) is 5.95 Å². The molecular weight excluding hydrogens is 248 g/mol. The van der Waals surface area contributed by atoms with Crippen molar-refractivity contribution in [2.24, 2.45) is 5.41 Å². The lowest BCUT2D eigenvalue weighted by molar-refractivity contribution is 0.485. The summed E-state index contributed by atoms with van der Waals surface area (Å²) in [5.41, 5.74) is 0.487. The SMILES string of the molecule is CCCC1(CNc2nc(NCC)ncc2Cl)CC1. The topological polar surface area (TPSA) is 49.8 Å². The molecule has 0 atom stereocenters. The summed E-state index contributed by atoms with van der Waals surface area (Å²) in [6.07, 6.45) is 6.80. The Bertz CT molecular complexity index is 404. The number of rotatable bonds is 7. The number of aromatic nitrogens is 2. The van der Waals surface area contributed by atoms with Gasteiger partial charge in [0.25, 0.3) is 0 Å². The number of halogens is 1. The lowest BCUT2D eigenvalue weighted by Gasteiger charge is -2.16. The fourth-order valence-electron chi connectivity index (χ4n) is 2.23. The van der Waals surface area contributed by atoms with E-state index in [2.05, 4.69) is 27.5 Å². The fraction of sp³-hybridized carbons (Fsp3) is 0.692. The van der Waals surface area contributed by atoms with Crippen LogP contribution in [-0.4, -0.2) is 23.1 Å². The summed E-state index contributed by atoms with van der Waals surface area (Å²) in [5.74, 6) is 1.37. The Balaban J connectivity index is 1.97. The first-order chi connectivity index (χ1) is 8.69. The minimum Gasteiger partial charge on any atom is -0.368 e. The van der Waals surface area contributed by atoms with E-state index in [0.29, 0.717) is 16.4 Å². The molecule has 1 aliphatic rings. The van der Waals surface area contributed by atoms with Crippen LogP contribution in [0.25, 0.3) is 0 Å². The molecule has 1 heterocycles. The molecule has 18 heavy (non-hydrogen) atoms. The Morgan fingerprint density at radius 3 is 2.72 bits per heavy atom. The van der Waals surface area contributed by atoms with Crippen LogP contribution in [0.3, 0.4) is 0 Å². The molecule has 2 rings (SSSR count). The first-order valence-electron chi connectivity index (χ1n) is 6.69. The second kappa shape index (κ2) is 5.74. The molecule has 0 amide bonds. The molecule has 5 heteroatoms.